The van der Waals surface area contributed by atoms with Gasteiger partial charge in [0.1, 0.15) is 0 Å². The maximum Gasteiger partial charge on any atom is 0.0462 e. The predicted octanol–water partition coefficient (Wildman–Crippen LogP) is 8.03. The van der Waals surface area contributed by atoms with Gasteiger partial charge in [-0.05, 0) is 75.7 Å². The molecule has 1 heterocycles. The molecule has 1 heteroatoms. The first-order valence-corrected chi connectivity index (χ1v) is 11.2. The van der Waals surface area contributed by atoms with Crippen molar-refractivity contribution in [3.8, 4) is 11.1 Å². The van der Waals surface area contributed by atoms with E-state index in [0.717, 1.165) is 0 Å². The number of hydrogen-bond acceptors (Lipinski definition) is 0. The Kier molecular flexibility index (Phi) is 3.77. The molecule has 0 spiro atoms. The summed E-state index contributed by atoms with van der Waals surface area (Å²) in [4.78, 5) is 3.47. The van der Waals surface area contributed by atoms with Crippen LogP contribution in [0.4, 0.5) is 0 Å². The van der Waals surface area contributed by atoms with Gasteiger partial charge in [-0.25, -0.2) is 0 Å². The zero-order chi connectivity index (χ0) is 21.3. The SMILES string of the molecule is Cc1cc2c(C)c3ccc[nH]c3cc2c1C(C)(C)C1c2ccccc2-c2ccccc21. The first-order valence-electron chi connectivity index (χ1n) is 11.2. The van der Waals surface area contributed by atoms with Crippen molar-refractivity contribution in [3.63, 3.8) is 0 Å². The summed E-state index contributed by atoms with van der Waals surface area (Å²) < 4.78 is 0. The monoisotopic (exact) mass is 401 g/mol. The fourth-order valence-electron chi connectivity index (χ4n) is 6.29. The van der Waals surface area contributed by atoms with Crippen LogP contribution in [0.25, 0.3) is 32.8 Å². The topological polar surface area (TPSA) is 15.8 Å². The van der Waals surface area contributed by atoms with Crippen molar-refractivity contribution in [1.29, 1.82) is 0 Å². The van der Waals surface area contributed by atoms with Crippen molar-refractivity contribution in [2.75, 3.05) is 0 Å². The molecule has 0 saturated heterocycles. The van der Waals surface area contributed by atoms with Gasteiger partial charge in [0.2, 0.25) is 0 Å². The highest BCUT2D eigenvalue weighted by molar-refractivity contribution is 6.04. The van der Waals surface area contributed by atoms with Gasteiger partial charge in [0.15, 0.2) is 0 Å². The van der Waals surface area contributed by atoms with E-state index in [9.17, 15) is 0 Å². The number of fused-ring (bicyclic) bond motifs is 5. The summed E-state index contributed by atoms with van der Waals surface area (Å²) in [6.45, 7) is 9.42. The van der Waals surface area contributed by atoms with Gasteiger partial charge >= 0.3 is 0 Å². The average Bonchev–Trinajstić information content (AvgIpc) is 3.29. The lowest BCUT2D eigenvalue weighted by Crippen LogP contribution is -2.27. The molecule has 0 unspecified atom stereocenters. The molecule has 4 aromatic carbocycles. The molecule has 152 valence electrons. The summed E-state index contributed by atoms with van der Waals surface area (Å²) in [6, 6.07) is 27.0. The molecule has 1 aromatic heterocycles. The molecule has 5 aromatic rings. The van der Waals surface area contributed by atoms with Crippen LogP contribution in [0, 0.1) is 13.8 Å². The molecule has 0 atom stereocenters. The lowest BCUT2D eigenvalue weighted by molar-refractivity contribution is 0.468. The first-order chi connectivity index (χ1) is 15.0. The standard InChI is InChI=1S/C30H27N/c1-18-16-25-19(2)20-14-9-15-31-27(20)17-26(25)28(18)30(3,4)29-23-12-7-5-10-21(23)22-11-6-8-13-24(22)29/h5-17,29,31H,1-4H3. The number of benzene rings is 3. The minimum Gasteiger partial charge on any atom is -0.361 e. The number of rotatable bonds is 2. The van der Waals surface area contributed by atoms with Gasteiger partial charge in [-0.3, -0.25) is 0 Å². The first kappa shape index (κ1) is 18.4. The third kappa shape index (κ3) is 2.44. The van der Waals surface area contributed by atoms with E-state index in [1.165, 1.54) is 60.6 Å². The van der Waals surface area contributed by atoms with Gasteiger partial charge in [0.05, 0.1) is 0 Å². The molecule has 0 aliphatic heterocycles. The van der Waals surface area contributed by atoms with E-state index in [1.54, 1.807) is 0 Å². The van der Waals surface area contributed by atoms with Gasteiger partial charge in [-0.1, -0.05) is 74.5 Å². The Bertz CT molecular complexity index is 1440. The third-order valence-electron chi connectivity index (χ3n) is 7.50. The van der Waals surface area contributed by atoms with Crippen molar-refractivity contribution in [2.24, 2.45) is 0 Å². The van der Waals surface area contributed by atoms with Gasteiger partial charge in [-0.15, -0.1) is 0 Å². The Hall–Kier alpha value is -3.32. The molecule has 0 saturated carbocycles. The average molecular weight is 402 g/mol. The minimum absolute atomic E-state index is 0.0521. The second kappa shape index (κ2) is 6.34. The van der Waals surface area contributed by atoms with Crippen molar-refractivity contribution >= 4 is 21.7 Å². The molecule has 0 bridgehead atoms. The number of hydrogen-bond donors (Lipinski definition) is 1. The van der Waals surface area contributed by atoms with E-state index in [0.29, 0.717) is 5.92 Å². The number of aromatic nitrogens is 1. The van der Waals surface area contributed by atoms with Crippen molar-refractivity contribution in [1.82, 2.24) is 4.98 Å². The van der Waals surface area contributed by atoms with E-state index >= 15 is 0 Å². The van der Waals surface area contributed by atoms with E-state index in [-0.39, 0.29) is 5.41 Å². The molecule has 6 rings (SSSR count). The van der Waals surface area contributed by atoms with Crippen LogP contribution in [0.2, 0.25) is 0 Å². The maximum absolute atomic E-state index is 3.47. The Balaban J connectivity index is 1.66. The summed E-state index contributed by atoms with van der Waals surface area (Å²) in [5, 5.41) is 4.07. The summed E-state index contributed by atoms with van der Waals surface area (Å²) in [7, 11) is 0. The number of H-pyrrole nitrogens is 1. The largest absolute Gasteiger partial charge is 0.361 e. The molecule has 0 fully saturated rings. The number of pyridine rings is 1. The Labute approximate surface area is 183 Å². The third-order valence-corrected chi connectivity index (χ3v) is 7.50. The van der Waals surface area contributed by atoms with E-state index in [4.69, 9.17) is 0 Å². The highest BCUT2D eigenvalue weighted by Gasteiger charge is 2.42. The normalized spacial score (nSPS) is 13.7. The molecular weight excluding hydrogens is 374 g/mol. The van der Waals surface area contributed by atoms with Gasteiger partial charge in [0, 0.05) is 28.4 Å². The highest BCUT2D eigenvalue weighted by atomic mass is 14.6. The van der Waals surface area contributed by atoms with Crippen LogP contribution in [0.5, 0.6) is 0 Å². The molecule has 1 aliphatic carbocycles. The summed E-state index contributed by atoms with van der Waals surface area (Å²) in [5.41, 5.74) is 11.1. The summed E-state index contributed by atoms with van der Waals surface area (Å²) in [6.07, 6.45) is 2.03. The summed E-state index contributed by atoms with van der Waals surface area (Å²) in [5.74, 6) is 0.333. The van der Waals surface area contributed by atoms with Crippen LogP contribution in [-0.4, -0.2) is 4.98 Å². The zero-order valence-electron chi connectivity index (χ0n) is 18.6. The highest BCUT2D eigenvalue weighted by Crippen LogP contribution is 2.55. The second-order valence-corrected chi connectivity index (χ2v) is 9.63. The van der Waals surface area contributed by atoms with Gasteiger partial charge < -0.3 is 4.98 Å². The van der Waals surface area contributed by atoms with Crippen LogP contribution < -0.4 is 0 Å². The molecule has 1 nitrogen and oxygen atoms in total. The second-order valence-electron chi connectivity index (χ2n) is 9.63. The Morgan fingerprint density at radius 1 is 0.710 bits per heavy atom. The van der Waals surface area contributed by atoms with Crippen LogP contribution in [0.15, 0.2) is 79.0 Å². The molecule has 1 aliphatic rings. The van der Waals surface area contributed by atoms with Crippen LogP contribution >= 0.6 is 0 Å². The Morgan fingerprint density at radius 2 is 1.35 bits per heavy atom. The minimum atomic E-state index is -0.0521. The Morgan fingerprint density at radius 3 is 2.03 bits per heavy atom. The maximum atomic E-state index is 3.47. The lowest BCUT2D eigenvalue weighted by Gasteiger charge is -2.35. The number of aryl methyl sites for hydroxylation is 2. The van der Waals surface area contributed by atoms with Crippen molar-refractivity contribution in [3.05, 3.63) is 107 Å². The smallest absolute Gasteiger partial charge is 0.0462 e. The lowest BCUT2D eigenvalue weighted by atomic mass is 9.68. The van der Waals surface area contributed by atoms with Gasteiger partial charge in [-0.2, -0.15) is 0 Å². The number of aromatic amines is 1. The van der Waals surface area contributed by atoms with E-state index in [1.807, 2.05) is 6.20 Å². The molecule has 0 radical (unpaired) electrons. The van der Waals surface area contributed by atoms with Gasteiger partial charge in [0.25, 0.3) is 0 Å². The van der Waals surface area contributed by atoms with Crippen LogP contribution in [-0.2, 0) is 5.41 Å². The quantitative estimate of drug-likeness (QED) is 0.308. The summed E-state index contributed by atoms with van der Waals surface area (Å²) >= 11 is 0. The van der Waals surface area contributed by atoms with Crippen LogP contribution in [0.1, 0.15) is 47.6 Å². The molecule has 31 heavy (non-hydrogen) atoms. The fourth-order valence-corrected chi connectivity index (χ4v) is 6.29. The van der Waals surface area contributed by atoms with Crippen molar-refractivity contribution in [2.45, 2.75) is 39.0 Å². The van der Waals surface area contributed by atoms with E-state index < -0.39 is 0 Å². The van der Waals surface area contributed by atoms with Crippen LogP contribution in [0.3, 0.4) is 0 Å². The van der Waals surface area contributed by atoms with Crippen molar-refractivity contribution < 1.29 is 0 Å². The van der Waals surface area contributed by atoms with E-state index in [2.05, 4.69) is 105 Å². The molecular formula is C30H27N. The fraction of sp³-hybridized carbons (Fsp3) is 0.200. The predicted molar refractivity (Wildman–Crippen MR) is 132 cm³/mol. The number of nitrogens with one attached hydrogen (secondary N) is 1. The molecule has 0 amide bonds. The zero-order valence-corrected chi connectivity index (χ0v) is 18.6. The molecule has 1 N–H and O–H groups in total.